The van der Waals surface area contributed by atoms with Gasteiger partial charge in [0.2, 0.25) is 0 Å². The van der Waals surface area contributed by atoms with Gasteiger partial charge in [-0.25, -0.2) is 0 Å². The van der Waals surface area contributed by atoms with Crippen LogP contribution >= 0.6 is 0 Å². The first-order chi connectivity index (χ1) is 9.19. The molecule has 2 rings (SSSR count). The first kappa shape index (κ1) is 14.2. The van der Waals surface area contributed by atoms with Crippen LogP contribution in [0, 0.1) is 5.92 Å². The van der Waals surface area contributed by atoms with Gasteiger partial charge in [0.05, 0.1) is 7.11 Å². The second-order valence-corrected chi connectivity index (χ2v) is 5.41. The Morgan fingerprint density at radius 2 is 2.32 bits per heavy atom. The summed E-state index contributed by atoms with van der Waals surface area (Å²) in [6.07, 6.45) is 2.61. The van der Waals surface area contributed by atoms with Gasteiger partial charge in [0, 0.05) is 13.1 Å². The van der Waals surface area contributed by atoms with Crippen molar-refractivity contribution in [1.82, 2.24) is 10.2 Å². The number of phenolic OH excluding ortho intramolecular Hbond substituents is 1. The molecule has 1 atom stereocenters. The maximum absolute atomic E-state index is 9.71. The number of nitrogens with zero attached hydrogens (tertiary/aromatic N) is 1. The van der Waals surface area contributed by atoms with Crippen molar-refractivity contribution in [3.05, 3.63) is 23.8 Å². The monoisotopic (exact) mass is 264 g/mol. The molecule has 1 saturated heterocycles. The SMILES string of the molecule is COc1ccc(CNCC2CCCN(C)C2)cc1O. The average molecular weight is 264 g/mol. The van der Waals surface area contributed by atoms with Gasteiger partial charge < -0.3 is 20.1 Å². The number of nitrogens with one attached hydrogen (secondary N) is 1. The Labute approximate surface area is 115 Å². The van der Waals surface area contributed by atoms with Crippen LogP contribution in [0.5, 0.6) is 11.5 Å². The summed E-state index contributed by atoms with van der Waals surface area (Å²) in [5.41, 5.74) is 1.09. The Morgan fingerprint density at radius 3 is 3.00 bits per heavy atom. The molecular formula is C15H24N2O2. The molecule has 1 aliphatic rings. The largest absolute Gasteiger partial charge is 0.504 e. The maximum atomic E-state index is 9.71. The van der Waals surface area contributed by atoms with Crippen LogP contribution in [0.3, 0.4) is 0 Å². The van der Waals surface area contributed by atoms with E-state index in [0.717, 1.165) is 24.6 Å². The summed E-state index contributed by atoms with van der Waals surface area (Å²) in [6.45, 7) is 4.23. The van der Waals surface area contributed by atoms with Crippen molar-refractivity contribution in [2.75, 3.05) is 33.8 Å². The molecular weight excluding hydrogens is 240 g/mol. The number of ether oxygens (including phenoxy) is 1. The second-order valence-electron chi connectivity index (χ2n) is 5.41. The molecule has 0 radical (unpaired) electrons. The molecule has 4 heteroatoms. The third-order valence-electron chi connectivity index (χ3n) is 3.73. The molecule has 1 aliphatic heterocycles. The molecule has 4 nitrogen and oxygen atoms in total. The van der Waals surface area contributed by atoms with Crippen LogP contribution in [-0.4, -0.2) is 43.8 Å². The van der Waals surface area contributed by atoms with Crippen LogP contribution in [-0.2, 0) is 6.54 Å². The van der Waals surface area contributed by atoms with E-state index in [2.05, 4.69) is 17.3 Å². The lowest BCUT2D eigenvalue weighted by atomic mass is 9.98. The zero-order valence-corrected chi connectivity index (χ0v) is 11.9. The Bertz CT molecular complexity index is 409. The van der Waals surface area contributed by atoms with E-state index in [-0.39, 0.29) is 5.75 Å². The predicted octanol–water partition coefficient (Wildman–Crippen LogP) is 1.83. The summed E-state index contributed by atoms with van der Waals surface area (Å²) < 4.78 is 5.04. The normalized spacial score (nSPS) is 20.4. The quantitative estimate of drug-likeness (QED) is 0.851. The molecule has 2 N–H and O–H groups in total. The van der Waals surface area contributed by atoms with Crippen LogP contribution < -0.4 is 10.1 Å². The second kappa shape index (κ2) is 6.78. The van der Waals surface area contributed by atoms with E-state index in [0.29, 0.717) is 5.75 Å². The van der Waals surface area contributed by atoms with Gasteiger partial charge in [0.25, 0.3) is 0 Å². The maximum Gasteiger partial charge on any atom is 0.160 e. The number of rotatable bonds is 5. The third-order valence-corrected chi connectivity index (χ3v) is 3.73. The highest BCUT2D eigenvalue weighted by atomic mass is 16.5. The van der Waals surface area contributed by atoms with Gasteiger partial charge in [0.15, 0.2) is 11.5 Å². The summed E-state index contributed by atoms with van der Waals surface area (Å²) in [5, 5.41) is 13.2. The Balaban J connectivity index is 1.77. The van der Waals surface area contributed by atoms with Gasteiger partial charge >= 0.3 is 0 Å². The summed E-state index contributed by atoms with van der Waals surface area (Å²) in [5.74, 6) is 1.47. The molecule has 0 aromatic heterocycles. The average Bonchev–Trinajstić information content (AvgIpc) is 2.39. The Kier molecular flexibility index (Phi) is 5.05. The molecule has 0 aliphatic carbocycles. The number of phenols is 1. The minimum atomic E-state index is 0.208. The highest BCUT2D eigenvalue weighted by molar-refractivity contribution is 5.41. The number of methoxy groups -OCH3 is 1. The minimum Gasteiger partial charge on any atom is -0.504 e. The molecule has 0 spiro atoms. The van der Waals surface area contributed by atoms with Gasteiger partial charge in [-0.3, -0.25) is 0 Å². The standard InChI is InChI=1S/C15H24N2O2/c1-17-7-3-4-13(11-17)10-16-9-12-5-6-15(19-2)14(18)8-12/h5-6,8,13,16,18H,3-4,7,9-11H2,1-2H3. The molecule has 0 bridgehead atoms. The summed E-state index contributed by atoms with van der Waals surface area (Å²) in [7, 11) is 3.75. The molecule has 1 unspecified atom stereocenters. The van der Waals surface area contributed by atoms with E-state index in [4.69, 9.17) is 4.74 Å². The molecule has 106 valence electrons. The van der Waals surface area contributed by atoms with Crippen molar-refractivity contribution in [2.45, 2.75) is 19.4 Å². The number of benzene rings is 1. The Hall–Kier alpha value is -1.26. The predicted molar refractivity (Wildman–Crippen MR) is 76.6 cm³/mol. The van der Waals surface area contributed by atoms with Crippen molar-refractivity contribution in [2.24, 2.45) is 5.92 Å². The highest BCUT2D eigenvalue weighted by Gasteiger charge is 2.16. The topological polar surface area (TPSA) is 44.7 Å². The molecule has 19 heavy (non-hydrogen) atoms. The van der Waals surface area contributed by atoms with Crippen molar-refractivity contribution in [1.29, 1.82) is 0 Å². The van der Waals surface area contributed by atoms with Crippen molar-refractivity contribution >= 4 is 0 Å². The summed E-state index contributed by atoms with van der Waals surface area (Å²) in [4.78, 5) is 2.40. The highest BCUT2D eigenvalue weighted by Crippen LogP contribution is 2.26. The van der Waals surface area contributed by atoms with E-state index in [1.807, 2.05) is 6.07 Å². The van der Waals surface area contributed by atoms with Crippen molar-refractivity contribution in [3.8, 4) is 11.5 Å². The minimum absolute atomic E-state index is 0.208. The van der Waals surface area contributed by atoms with E-state index in [1.165, 1.54) is 25.9 Å². The van der Waals surface area contributed by atoms with Crippen LogP contribution in [0.15, 0.2) is 18.2 Å². The fraction of sp³-hybridized carbons (Fsp3) is 0.600. The number of aromatic hydroxyl groups is 1. The fourth-order valence-corrected chi connectivity index (χ4v) is 2.71. The van der Waals surface area contributed by atoms with E-state index in [9.17, 15) is 5.11 Å². The Morgan fingerprint density at radius 1 is 1.47 bits per heavy atom. The zero-order valence-electron chi connectivity index (χ0n) is 11.9. The number of likely N-dealkylation sites (tertiary alicyclic amines) is 1. The van der Waals surface area contributed by atoms with Crippen molar-refractivity contribution in [3.63, 3.8) is 0 Å². The van der Waals surface area contributed by atoms with Crippen LogP contribution in [0.25, 0.3) is 0 Å². The third kappa shape index (κ3) is 4.11. The van der Waals surface area contributed by atoms with Crippen LogP contribution in [0.4, 0.5) is 0 Å². The lowest BCUT2D eigenvalue weighted by molar-refractivity contribution is 0.206. The molecule has 0 saturated carbocycles. The molecule has 1 aromatic rings. The molecule has 1 heterocycles. The van der Waals surface area contributed by atoms with E-state index in [1.54, 1.807) is 19.2 Å². The first-order valence-corrected chi connectivity index (χ1v) is 6.94. The van der Waals surface area contributed by atoms with Gasteiger partial charge in [0.1, 0.15) is 0 Å². The van der Waals surface area contributed by atoms with E-state index < -0.39 is 0 Å². The number of hydrogen-bond acceptors (Lipinski definition) is 4. The number of piperidine rings is 1. The fourth-order valence-electron chi connectivity index (χ4n) is 2.71. The summed E-state index contributed by atoms with van der Waals surface area (Å²) in [6, 6.07) is 5.55. The van der Waals surface area contributed by atoms with Gasteiger partial charge in [-0.05, 0) is 56.6 Å². The lowest BCUT2D eigenvalue weighted by Gasteiger charge is -2.29. The molecule has 1 fully saturated rings. The zero-order chi connectivity index (χ0) is 13.7. The number of hydrogen-bond donors (Lipinski definition) is 2. The van der Waals surface area contributed by atoms with E-state index >= 15 is 0 Å². The first-order valence-electron chi connectivity index (χ1n) is 6.94. The van der Waals surface area contributed by atoms with Crippen LogP contribution in [0.2, 0.25) is 0 Å². The summed E-state index contributed by atoms with van der Waals surface area (Å²) >= 11 is 0. The van der Waals surface area contributed by atoms with Gasteiger partial charge in [-0.15, -0.1) is 0 Å². The van der Waals surface area contributed by atoms with Crippen LogP contribution in [0.1, 0.15) is 18.4 Å². The van der Waals surface area contributed by atoms with Gasteiger partial charge in [-0.1, -0.05) is 6.07 Å². The van der Waals surface area contributed by atoms with Crippen molar-refractivity contribution < 1.29 is 9.84 Å². The smallest absolute Gasteiger partial charge is 0.160 e. The molecule has 0 amide bonds. The lowest BCUT2D eigenvalue weighted by Crippen LogP contribution is -2.37. The molecule has 1 aromatic carbocycles. The van der Waals surface area contributed by atoms with Gasteiger partial charge in [-0.2, -0.15) is 0 Å².